The summed E-state index contributed by atoms with van der Waals surface area (Å²) in [5.74, 6) is 0.431. The lowest BCUT2D eigenvalue weighted by molar-refractivity contribution is -0.137. The number of hydrogen-bond acceptors (Lipinski definition) is 2. The Morgan fingerprint density at radius 1 is 1.05 bits per heavy atom. The molecule has 106 valence electrons. The van der Waals surface area contributed by atoms with E-state index in [0.717, 1.165) is 12.1 Å². The van der Waals surface area contributed by atoms with Gasteiger partial charge in [-0.1, -0.05) is 23.7 Å². The second kappa shape index (κ2) is 5.63. The fourth-order valence-electron chi connectivity index (χ4n) is 1.59. The lowest BCUT2D eigenvalue weighted by Gasteiger charge is -2.10. The Kier molecular flexibility index (Phi) is 4.09. The molecule has 0 amide bonds. The van der Waals surface area contributed by atoms with Gasteiger partial charge >= 0.3 is 6.18 Å². The highest BCUT2D eigenvalue weighted by atomic mass is 35.5. The smallest absolute Gasteiger partial charge is 0.416 e. The van der Waals surface area contributed by atoms with Crippen molar-refractivity contribution in [2.45, 2.75) is 12.8 Å². The molecule has 20 heavy (non-hydrogen) atoms. The van der Waals surface area contributed by atoms with Crippen LogP contribution in [0, 0.1) is 0 Å². The Bertz CT molecular complexity index is 596. The van der Waals surface area contributed by atoms with Gasteiger partial charge in [-0.2, -0.15) is 13.2 Å². The van der Waals surface area contributed by atoms with E-state index in [9.17, 15) is 13.2 Å². The molecule has 0 aromatic heterocycles. The lowest BCUT2D eigenvalue weighted by Crippen LogP contribution is -2.05. The molecule has 0 bridgehead atoms. The second-order valence-corrected chi connectivity index (χ2v) is 4.58. The van der Waals surface area contributed by atoms with Gasteiger partial charge in [0.25, 0.3) is 0 Å². The molecule has 2 nitrogen and oxygen atoms in total. The predicted molar refractivity (Wildman–Crippen MR) is 71.6 cm³/mol. The molecule has 0 aliphatic carbocycles. The summed E-state index contributed by atoms with van der Waals surface area (Å²) >= 11 is 5.93. The standard InChI is InChI=1S/C14H11ClF3NO/c15-12-7-11(19)5-6-13(12)20-8-9-1-3-10(4-2-9)14(16,17)18/h1-7H,8,19H2. The molecule has 6 heteroatoms. The molecule has 0 atom stereocenters. The van der Waals surface area contributed by atoms with Crippen LogP contribution in [-0.4, -0.2) is 0 Å². The van der Waals surface area contributed by atoms with Crippen molar-refractivity contribution in [2.75, 3.05) is 5.73 Å². The van der Waals surface area contributed by atoms with Gasteiger partial charge in [-0.3, -0.25) is 0 Å². The van der Waals surface area contributed by atoms with Crippen LogP contribution in [0.1, 0.15) is 11.1 Å². The van der Waals surface area contributed by atoms with Crippen molar-refractivity contribution in [3.63, 3.8) is 0 Å². The van der Waals surface area contributed by atoms with E-state index >= 15 is 0 Å². The number of nitrogens with two attached hydrogens (primary N) is 1. The molecule has 2 rings (SSSR count). The quantitative estimate of drug-likeness (QED) is 0.846. The molecule has 2 aromatic rings. The Balaban J connectivity index is 2.04. The minimum Gasteiger partial charge on any atom is -0.487 e. The summed E-state index contributed by atoms with van der Waals surface area (Å²) < 4.78 is 42.6. The summed E-state index contributed by atoms with van der Waals surface area (Å²) in [4.78, 5) is 0. The number of ether oxygens (including phenoxy) is 1. The zero-order valence-corrected chi connectivity index (χ0v) is 11.0. The summed E-state index contributed by atoms with van der Waals surface area (Å²) in [6.07, 6.45) is -4.33. The zero-order valence-electron chi connectivity index (χ0n) is 10.2. The number of benzene rings is 2. The number of nitrogen functional groups attached to an aromatic ring is 1. The van der Waals surface area contributed by atoms with Gasteiger partial charge in [0.1, 0.15) is 12.4 Å². The number of halogens is 4. The number of anilines is 1. The Labute approximate surface area is 118 Å². The van der Waals surface area contributed by atoms with Crippen LogP contribution in [0.2, 0.25) is 5.02 Å². The SMILES string of the molecule is Nc1ccc(OCc2ccc(C(F)(F)F)cc2)c(Cl)c1. The van der Waals surface area contributed by atoms with Crippen LogP contribution in [0.3, 0.4) is 0 Å². The first-order valence-electron chi connectivity index (χ1n) is 5.70. The normalized spacial score (nSPS) is 11.4. The van der Waals surface area contributed by atoms with E-state index in [2.05, 4.69) is 0 Å². The zero-order chi connectivity index (χ0) is 14.8. The first-order valence-corrected chi connectivity index (χ1v) is 6.08. The first kappa shape index (κ1) is 14.5. The minimum absolute atomic E-state index is 0.127. The van der Waals surface area contributed by atoms with E-state index in [1.165, 1.54) is 12.1 Å². The molecule has 2 N–H and O–H groups in total. The molecule has 0 unspecified atom stereocenters. The molecule has 0 saturated carbocycles. The fourth-order valence-corrected chi connectivity index (χ4v) is 1.83. The van der Waals surface area contributed by atoms with Gasteiger partial charge in [0.05, 0.1) is 10.6 Å². The summed E-state index contributed by atoms with van der Waals surface area (Å²) in [6, 6.07) is 9.56. The van der Waals surface area contributed by atoms with Crippen molar-refractivity contribution in [2.24, 2.45) is 0 Å². The number of hydrogen-bond donors (Lipinski definition) is 1. The summed E-state index contributed by atoms with van der Waals surface area (Å²) in [6.45, 7) is 0.127. The Morgan fingerprint density at radius 3 is 2.25 bits per heavy atom. The lowest BCUT2D eigenvalue weighted by atomic mass is 10.1. The molecular weight excluding hydrogens is 291 g/mol. The van der Waals surface area contributed by atoms with Crippen LogP contribution in [0.4, 0.5) is 18.9 Å². The van der Waals surface area contributed by atoms with Gasteiger partial charge in [0.2, 0.25) is 0 Å². The summed E-state index contributed by atoms with van der Waals surface area (Å²) in [7, 11) is 0. The van der Waals surface area contributed by atoms with Crippen molar-refractivity contribution in [3.05, 3.63) is 58.6 Å². The number of rotatable bonds is 3. The monoisotopic (exact) mass is 301 g/mol. The maximum Gasteiger partial charge on any atom is 0.416 e. The van der Waals surface area contributed by atoms with Crippen molar-refractivity contribution >= 4 is 17.3 Å². The maximum absolute atomic E-state index is 12.4. The van der Waals surface area contributed by atoms with Crippen molar-refractivity contribution in [1.29, 1.82) is 0 Å². The van der Waals surface area contributed by atoms with Gasteiger partial charge in [-0.15, -0.1) is 0 Å². The van der Waals surface area contributed by atoms with Gasteiger partial charge in [0.15, 0.2) is 0 Å². The third-order valence-electron chi connectivity index (χ3n) is 2.63. The van der Waals surface area contributed by atoms with E-state index in [-0.39, 0.29) is 6.61 Å². The molecule has 0 heterocycles. The maximum atomic E-state index is 12.4. The molecule has 0 fully saturated rings. The predicted octanol–water partition coefficient (Wildman–Crippen LogP) is 4.52. The molecule has 0 radical (unpaired) electrons. The fraction of sp³-hybridized carbons (Fsp3) is 0.143. The molecular formula is C14H11ClF3NO. The van der Waals surface area contributed by atoms with E-state index in [1.807, 2.05) is 0 Å². The van der Waals surface area contributed by atoms with Crippen LogP contribution in [-0.2, 0) is 12.8 Å². The summed E-state index contributed by atoms with van der Waals surface area (Å²) in [5, 5.41) is 0.358. The summed E-state index contributed by atoms with van der Waals surface area (Å²) in [5.41, 5.74) is 5.99. The van der Waals surface area contributed by atoms with Gasteiger partial charge in [0, 0.05) is 5.69 Å². The molecule has 2 aromatic carbocycles. The van der Waals surface area contributed by atoms with Crippen molar-refractivity contribution in [3.8, 4) is 5.75 Å². The molecule has 0 aliphatic heterocycles. The van der Waals surface area contributed by atoms with Crippen LogP contribution < -0.4 is 10.5 Å². The average Bonchev–Trinajstić information content (AvgIpc) is 2.37. The highest BCUT2D eigenvalue weighted by Gasteiger charge is 2.29. The van der Waals surface area contributed by atoms with E-state index in [4.69, 9.17) is 22.1 Å². The Hall–Kier alpha value is -1.88. The third kappa shape index (κ3) is 3.57. The van der Waals surface area contributed by atoms with Crippen LogP contribution in [0.25, 0.3) is 0 Å². The van der Waals surface area contributed by atoms with Gasteiger partial charge in [-0.25, -0.2) is 0 Å². The van der Waals surface area contributed by atoms with E-state index in [1.54, 1.807) is 18.2 Å². The minimum atomic E-state index is -4.33. The van der Waals surface area contributed by atoms with Crippen LogP contribution in [0.5, 0.6) is 5.75 Å². The van der Waals surface area contributed by atoms with Gasteiger partial charge in [-0.05, 0) is 35.9 Å². The topological polar surface area (TPSA) is 35.2 Å². The largest absolute Gasteiger partial charge is 0.487 e. The highest BCUT2D eigenvalue weighted by Crippen LogP contribution is 2.30. The van der Waals surface area contributed by atoms with Crippen molar-refractivity contribution < 1.29 is 17.9 Å². The number of alkyl halides is 3. The van der Waals surface area contributed by atoms with E-state index in [0.29, 0.717) is 22.0 Å². The van der Waals surface area contributed by atoms with E-state index < -0.39 is 11.7 Å². The first-order chi connectivity index (χ1) is 9.36. The van der Waals surface area contributed by atoms with Crippen molar-refractivity contribution in [1.82, 2.24) is 0 Å². The molecule has 0 saturated heterocycles. The molecule has 0 spiro atoms. The van der Waals surface area contributed by atoms with Gasteiger partial charge < -0.3 is 10.5 Å². The average molecular weight is 302 g/mol. The molecule has 0 aliphatic rings. The second-order valence-electron chi connectivity index (χ2n) is 4.17. The third-order valence-corrected chi connectivity index (χ3v) is 2.93. The van der Waals surface area contributed by atoms with Crippen LogP contribution >= 0.6 is 11.6 Å². The van der Waals surface area contributed by atoms with Crippen LogP contribution in [0.15, 0.2) is 42.5 Å². The highest BCUT2D eigenvalue weighted by molar-refractivity contribution is 6.32. The Morgan fingerprint density at radius 2 is 1.70 bits per heavy atom.